The number of methoxy groups -OCH3 is 1. The molecule has 0 spiro atoms. The van der Waals surface area contributed by atoms with Gasteiger partial charge < -0.3 is 10.1 Å². The van der Waals surface area contributed by atoms with E-state index in [0.29, 0.717) is 17.9 Å². The lowest BCUT2D eigenvalue weighted by molar-refractivity contribution is 0.397. The molecule has 0 aliphatic carbocycles. The average Bonchev–Trinajstić information content (AvgIpc) is 2.48. The molecule has 1 atom stereocenters. The minimum atomic E-state index is -0.292. The summed E-state index contributed by atoms with van der Waals surface area (Å²) < 4.78 is 18.9. The molecule has 0 amide bonds. The van der Waals surface area contributed by atoms with Crippen LogP contribution in [0.4, 0.5) is 4.39 Å². The fraction of sp³-hybridized carbons (Fsp3) is 0.333. The number of rotatable bonds is 6. The van der Waals surface area contributed by atoms with Crippen LogP contribution in [0, 0.1) is 5.82 Å². The van der Waals surface area contributed by atoms with Crippen molar-refractivity contribution in [2.75, 3.05) is 13.7 Å². The molecule has 106 valence electrons. The van der Waals surface area contributed by atoms with Gasteiger partial charge in [-0.25, -0.2) is 9.37 Å². The van der Waals surface area contributed by atoms with Gasteiger partial charge in [-0.1, -0.05) is 13.0 Å². The fourth-order valence-corrected chi connectivity index (χ4v) is 2.10. The molecule has 0 saturated carbocycles. The summed E-state index contributed by atoms with van der Waals surface area (Å²) in [5.74, 6) is 0.281. The molecule has 0 saturated heterocycles. The molecule has 0 aliphatic heterocycles. The van der Waals surface area contributed by atoms with E-state index < -0.39 is 0 Å². The van der Waals surface area contributed by atoms with Crippen LogP contribution in [0.1, 0.15) is 24.1 Å². The van der Waals surface area contributed by atoms with Crippen LogP contribution < -0.4 is 10.1 Å². The third-order valence-corrected chi connectivity index (χ3v) is 3.08. The van der Waals surface area contributed by atoms with Crippen LogP contribution in [0.2, 0.25) is 0 Å². The zero-order valence-corrected chi connectivity index (χ0v) is 11.6. The maximum Gasteiger partial charge on any atom is 0.212 e. The Hall–Kier alpha value is -2.01. The van der Waals surface area contributed by atoms with E-state index in [1.54, 1.807) is 31.6 Å². The van der Waals surface area contributed by atoms with Crippen molar-refractivity contribution < 1.29 is 9.13 Å². The van der Waals surface area contributed by atoms with Crippen LogP contribution in [0.3, 0.4) is 0 Å². The van der Waals surface area contributed by atoms with Crippen molar-refractivity contribution in [3.05, 3.63) is 53.7 Å². The van der Waals surface area contributed by atoms with Crippen molar-refractivity contribution in [1.82, 2.24) is 15.3 Å². The average molecular weight is 275 g/mol. The first-order chi connectivity index (χ1) is 9.74. The summed E-state index contributed by atoms with van der Waals surface area (Å²) in [6.45, 7) is 2.76. The summed E-state index contributed by atoms with van der Waals surface area (Å²) in [6, 6.07) is 5.36. The smallest absolute Gasteiger partial charge is 0.212 e. The summed E-state index contributed by atoms with van der Waals surface area (Å²) in [5, 5.41) is 3.29. The second kappa shape index (κ2) is 6.96. The Kier molecular flexibility index (Phi) is 5.01. The van der Waals surface area contributed by atoms with Gasteiger partial charge in [0.05, 0.1) is 13.3 Å². The second-order valence-corrected chi connectivity index (χ2v) is 4.42. The number of pyridine rings is 2. The van der Waals surface area contributed by atoms with Crippen molar-refractivity contribution >= 4 is 0 Å². The normalized spacial score (nSPS) is 12.2. The fourth-order valence-electron chi connectivity index (χ4n) is 2.10. The molecule has 0 bridgehead atoms. The molecule has 5 heteroatoms. The summed E-state index contributed by atoms with van der Waals surface area (Å²) in [7, 11) is 1.58. The molecule has 0 aliphatic rings. The highest BCUT2D eigenvalue weighted by Gasteiger charge is 2.15. The second-order valence-electron chi connectivity index (χ2n) is 4.42. The molecular formula is C15H18FN3O. The maximum absolute atomic E-state index is 13.8. The topological polar surface area (TPSA) is 47.0 Å². The van der Waals surface area contributed by atoms with Gasteiger partial charge in [0.25, 0.3) is 0 Å². The van der Waals surface area contributed by atoms with E-state index in [-0.39, 0.29) is 11.9 Å². The Labute approximate surface area is 118 Å². The summed E-state index contributed by atoms with van der Waals surface area (Å²) in [4.78, 5) is 7.96. The van der Waals surface area contributed by atoms with Gasteiger partial charge in [-0.05, 0) is 24.6 Å². The number of hydrogen-bond acceptors (Lipinski definition) is 4. The van der Waals surface area contributed by atoms with Gasteiger partial charge in [-0.15, -0.1) is 0 Å². The number of nitrogens with one attached hydrogen (secondary N) is 1. The number of ether oxygens (including phenoxy) is 1. The third kappa shape index (κ3) is 3.51. The summed E-state index contributed by atoms with van der Waals surface area (Å²) in [6.07, 6.45) is 5.26. The van der Waals surface area contributed by atoms with E-state index >= 15 is 0 Å². The van der Waals surface area contributed by atoms with Crippen LogP contribution in [-0.4, -0.2) is 23.6 Å². The lowest BCUT2D eigenvalue weighted by atomic mass is 10.0. The van der Waals surface area contributed by atoms with Gasteiger partial charge >= 0.3 is 0 Å². The van der Waals surface area contributed by atoms with Gasteiger partial charge in [0, 0.05) is 30.1 Å². The van der Waals surface area contributed by atoms with Gasteiger partial charge in [-0.2, -0.15) is 0 Å². The van der Waals surface area contributed by atoms with Crippen LogP contribution in [0.5, 0.6) is 5.88 Å². The molecule has 2 aromatic rings. The molecule has 2 aromatic heterocycles. The number of nitrogens with zero attached hydrogens (tertiary/aromatic N) is 2. The molecular weight excluding hydrogens is 257 g/mol. The predicted molar refractivity (Wildman–Crippen MR) is 75.1 cm³/mol. The Bertz CT molecular complexity index is 545. The lowest BCUT2D eigenvalue weighted by Crippen LogP contribution is -2.24. The summed E-state index contributed by atoms with van der Waals surface area (Å²) in [5.41, 5.74) is 1.64. The monoisotopic (exact) mass is 275 g/mol. The molecule has 4 nitrogen and oxygen atoms in total. The van der Waals surface area contributed by atoms with Gasteiger partial charge in [0.2, 0.25) is 5.88 Å². The van der Waals surface area contributed by atoms with Crippen molar-refractivity contribution in [1.29, 1.82) is 0 Å². The first-order valence-electron chi connectivity index (χ1n) is 6.56. The van der Waals surface area contributed by atoms with Crippen molar-refractivity contribution in [2.45, 2.75) is 19.4 Å². The highest BCUT2D eigenvalue weighted by atomic mass is 19.1. The zero-order valence-electron chi connectivity index (χ0n) is 11.6. The van der Waals surface area contributed by atoms with Crippen molar-refractivity contribution in [3.63, 3.8) is 0 Å². The molecule has 0 aromatic carbocycles. The quantitative estimate of drug-likeness (QED) is 0.880. The first-order valence-corrected chi connectivity index (χ1v) is 6.56. The molecule has 2 heterocycles. The highest BCUT2D eigenvalue weighted by molar-refractivity contribution is 5.23. The zero-order chi connectivity index (χ0) is 14.4. The SMILES string of the molecule is CCNC(Cc1ccc(OC)nc1)c1ccncc1F. The van der Waals surface area contributed by atoms with E-state index in [4.69, 9.17) is 4.74 Å². The minimum Gasteiger partial charge on any atom is -0.481 e. The largest absolute Gasteiger partial charge is 0.481 e. The van der Waals surface area contributed by atoms with E-state index in [1.165, 1.54) is 6.20 Å². The van der Waals surface area contributed by atoms with Gasteiger partial charge in [-0.3, -0.25) is 4.98 Å². The first kappa shape index (κ1) is 14.4. The third-order valence-electron chi connectivity index (χ3n) is 3.08. The van der Waals surface area contributed by atoms with Gasteiger partial charge in [0.1, 0.15) is 5.82 Å². The summed E-state index contributed by atoms with van der Waals surface area (Å²) >= 11 is 0. The number of likely N-dealkylation sites (N-methyl/N-ethyl adjacent to an activating group) is 1. The molecule has 2 rings (SSSR count). The Balaban J connectivity index is 2.18. The number of hydrogen-bond donors (Lipinski definition) is 1. The van der Waals surface area contributed by atoms with Crippen molar-refractivity contribution in [2.24, 2.45) is 0 Å². The standard InChI is InChI=1S/C15H18FN3O/c1-3-18-14(12-6-7-17-10-13(12)16)8-11-4-5-15(20-2)19-9-11/h4-7,9-10,14,18H,3,8H2,1-2H3. The minimum absolute atomic E-state index is 0.0989. The lowest BCUT2D eigenvalue weighted by Gasteiger charge is -2.18. The Morgan fingerprint density at radius 2 is 2.15 bits per heavy atom. The predicted octanol–water partition coefficient (Wildman–Crippen LogP) is 2.52. The number of aromatic nitrogens is 2. The Morgan fingerprint density at radius 1 is 1.30 bits per heavy atom. The highest BCUT2D eigenvalue weighted by Crippen LogP contribution is 2.21. The number of halogens is 1. The van der Waals surface area contributed by atoms with E-state index in [0.717, 1.165) is 12.1 Å². The molecule has 1 N–H and O–H groups in total. The van der Waals surface area contributed by atoms with Crippen molar-refractivity contribution in [3.8, 4) is 5.88 Å². The van der Waals surface area contributed by atoms with Crippen LogP contribution in [0.15, 0.2) is 36.8 Å². The van der Waals surface area contributed by atoms with E-state index in [1.807, 2.05) is 13.0 Å². The Morgan fingerprint density at radius 3 is 2.75 bits per heavy atom. The maximum atomic E-state index is 13.8. The van der Waals surface area contributed by atoms with Crippen LogP contribution in [0.25, 0.3) is 0 Å². The molecule has 0 fully saturated rings. The molecule has 20 heavy (non-hydrogen) atoms. The van der Waals surface area contributed by atoms with E-state index in [2.05, 4.69) is 15.3 Å². The van der Waals surface area contributed by atoms with Crippen LogP contribution in [-0.2, 0) is 6.42 Å². The van der Waals surface area contributed by atoms with E-state index in [9.17, 15) is 4.39 Å². The molecule has 0 radical (unpaired) electrons. The van der Waals surface area contributed by atoms with Gasteiger partial charge in [0.15, 0.2) is 0 Å². The molecule has 1 unspecified atom stereocenters. The van der Waals surface area contributed by atoms with Crippen LogP contribution >= 0.6 is 0 Å².